The Kier molecular flexibility index (Phi) is 5.97. The summed E-state index contributed by atoms with van der Waals surface area (Å²) in [5.41, 5.74) is 0. The SMILES string of the molecule is COCCN1CCC[C@@H](C(=O)NCc2ccc(C(=O)O)o2)C1. The summed E-state index contributed by atoms with van der Waals surface area (Å²) in [4.78, 5) is 25.2. The van der Waals surface area contributed by atoms with E-state index in [0.29, 0.717) is 12.4 Å². The van der Waals surface area contributed by atoms with E-state index in [1.807, 2.05) is 0 Å². The van der Waals surface area contributed by atoms with Crippen molar-refractivity contribution in [3.8, 4) is 0 Å². The zero-order valence-corrected chi connectivity index (χ0v) is 12.7. The predicted octanol–water partition coefficient (Wildman–Crippen LogP) is 0.952. The molecule has 0 radical (unpaired) electrons. The van der Waals surface area contributed by atoms with Crippen LogP contribution in [0.1, 0.15) is 29.2 Å². The third-order valence-corrected chi connectivity index (χ3v) is 3.80. The van der Waals surface area contributed by atoms with Crippen LogP contribution in [0.4, 0.5) is 0 Å². The third kappa shape index (κ3) is 4.57. The first-order valence-electron chi connectivity index (χ1n) is 7.41. The van der Waals surface area contributed by atoms with E-state index < -0.39 is 5.97 Å². The number of hydrogen-bond acceptors (Lipinski definition) is 5. The molecule has 2 heterocycles. The van der Waals surface area contributed by atoms with Gasteiger partial charge in [0.15, 0.2) is 0 Å². The Balaban J connectivity index is 1.79. The van der Waals surface area contributed by atoms with Crippen molar-refractivity contribution in [1.29, 1.82) is 0 Å². The number of carbonyl (C=O) groups is 2. The van der Waals surface area contributed by atoms with Gasteiger partial charge in [-0.05, 0) is 31.5 Å². The molecule has 1 aromatic rings. The number of nitrogens with one attached hydrogen (secondary N) is 1. The minimum Gasteiger partial charge on any atom is -0.475 e. The molecule has 1 aliphatic rings. The first-order chi connectivity index (χ1) is 10.6. The number of nitrogens with zero attached hydrogens (tertiary/aromatic N) is 1. The van der Waals surface area contributed by atoms with Crippen LogP contribution in [0, 0.1) is 5.92 Å². The quantitative estimate of drug-likeness (QED) is 0.779. The van der Waals surface area contributed by atoms with Crippen molar-refractivity contribution < 1.29 is 23.8 Å². The van der Waals surface area contributed by atoms with Crippen molar-refractivity contribution in [2.24, 2.45) is 5.92 Å². The fourth-order valence-corrected chi connectivity index (χ4v) is 2.60. The van der Waals surface area contributed by atoms with Gasteiger partial charge in [-0.25, -0.2) is 4.79 Å². The van der Waals surface area contributed by atoms with Crippen LogP contribution in [0.5, 0.6) is 0 Å². The van der Waals surface area contributed by atoms with E-state index in [4.69, 9.17) is 14.3 Å². The second-order valence-corrected chi connectivity index (χ2v) is 5.42. The lowest BCUT2D eigenvalue weighted by atomic mass is 9.97. The molecule has 0 aromatic carbocycles. The molecule has 1 saturated heterocycles. The van der Waals surface area contributed by atoms with Crippen LogP contribution in [-0.4, -0.2) is 55.2 Å². The number of hydrogen-bond donors (Lipinski definition) is 2. The van der Waals surface area contributed by atoms with Crippen LogP contribution >= 0.6 is 0 Å². The van der Waals surface area contributed by atoms with Crippen LogP contribution in [0.15, 0.2) is 16.5 Å². The number of methoxy groups -OCH3 is 1. The molecule has 0 saturated carbocycles. The van der Waals surface area contributed by atoms with Crippen molar-refractivity contribution in [1.82, 2.24) is 10.2 Å². The number of likely N-dealkylation sites (tertiary alicyclic amines) is 1. The molecule has 22 heavy (non-hydrogen) atoms. The highest BCUT2D eigenvalue weighted by atomic mass is 16.5. The van der Waals surface area contributed by atoms with Gasteiger partial charge < -0.3 is 24.5 Å². The zero-order chi connectivity index (χ0) is 15.9. The van der Waals surface area contributed by atoms with Gasteiger partial charge in [-0.1, -0.05) is 0 Å². The second kappa shape index (κ2) is 7.95. The molecule has 0 unspecified atom stereocenters. The van der Waals surface area contributed by atoms with Gasteiger partial charge in [-0.15, -0.1) is 0 Å². The van der Waals surface area contributed by atoms with Gasteiger partial charge in [0.05, 0.1) is 19.1 Å². The lowest BCUT2D eigenvalue weighted by Gasteiger charge is -2.31. The summed E-state index contributed by atoms with van der Waals surface area (Å²) in [6.45, 7) is 3.43. The standard InChI is InChI=1S/C15H22N2O5/c1-21-8-7-17-6-2-3-11(10-17)14(18)16-9-12-4-5-13(22-12)15(19)20/h4-5,11H,2-3,6-10H2,1H3,(H,16,18)(H,19,20)/t11-/m1/s1. The zero-order valence-electron chi connectivity index (χ0n) is 12.7. The molecule has 1 fully saturated rings. The molecule has 0 spiro atoms. The van der Waals surface area contributed by atoms with E-state index in [0.717, 1.165) is 32.5 Å². The summed E-state index contributed by atoms with van der Waals surface area (Å²) in [6, 6.07) is 2.95. The van der Waals surface area contributed by atoms with Gasteiger partial charge in [-0.3, -0.25) is 4.79 Å². The summed E-state index contributed by atoms with van der Waals surface area (Å²) in [5, 5.41) is 11.6. The minimum atomic E-state index is -1.11. The fraction of sp³-hybridized carbons (Fsp3) is 0.600. The molecule has 0 bridgehead atoms. The first-order valence-corrected chi connectivity index (χ1v) is 7.41. The minimum absolute atomic E-state index is 0.0182. The predicted molar refractivity (Wildman–Crippen MR) is 78.6 cm³/mol. The molecule has 2 rings (SSSR count). The Morgan fingerprint density at radius 3 is 3.00 bits per heavy atom. The van der Waals surface area contributed by atoms with Crippen LogP contribution in [0.3, 0.4) is 0 Å². The maximum Gasteiger partial charge on any atom is 0.371 e. The number of amides is 1. The third-order valence-electron chi connectivity index (χ3n) is 3.80. The molecule has 7 heteroatoms. The average Bonchev–Trinajstić information content (AvgIpc) is 3.00. The van der Waals surface area contributed by atoms with Gasteiger partial charge in [-0.2, -0.15) is 0 Å². The molecule has 1 aromatic heterocycles. The van der Waals surface area contributed by atoms with Crippen LogP contribution in [0.25, 0.3) is 0 Å². The summed E-state index contributed by atoms with van der Waals surface area (Å²) >= 11 is 0. The maximum absolute atomic E-state index is 12.2. The normalized spacial score (nSPS) is 19.0. The molecular weight excluding hydrogens is 288 g/mol. The Morgan fingerprint density at radius 2 is 2.32 bits per heavy atom. The van der Waals surface area contributed by atoms with Crippen molar-refractivity contribution in [2.45, 2.75) is 19.4 Å². The van der Waals surface area contributed by atoms with E-state index in [1.54, 1.807) is 13.2 Å². The number of ether oxygens (including phenoxy) is 1. The summed E-state index contributed by atoms with van der Waals surface area (Å²) in [5.74, 6) is -0.848. The maximum atomic E-state index is 12.2. The molecule has 122 valence electrons. The van der Waals surface area contributed by atoms with Crippen molar-refractivity contribution >= 4 is 11.9 Å². The molecule has 2 N–H and O–H groups in total. The van der Waals surface area contributed by atoms with Crippen molar-refractivity contribution in [3.05, 3.63) is 23.7 Å². The Hall–Kier alpha value is -1.86. The highest BCUT2D eigenvalue weighted by Crippen LogP contribution is 2.17. The lowest BCUT2D eigenvalue weighted by molar-refractivity contribution is -0.127. The van der Waals surface area contributed by atoms with E-state index >= 15 is 0 Å². The number of carboxylic acid groups (broad SMARTS) is 1. The van der Waals surface area contributed by atoms with E-state index in [-0.39, 0.29) is 24.1 Å². The second-order valence-electron chi connectivity index (χ2n) is 5.42. The van der Waals surface area contributed by atoms with Gasteiger partial charge >= 0.3 is 5.97 Å². The number of carboxylic acids is 1. The Bertz CT molecular complexity index is 514. The highest BCUT2D eigenvalue weighted by Gasteiger charge is 2.25. The van der Waals surface area contributed by atoms with Crippen molar-refractivity contribution in [2.75, 3.05) is 33.4 Å². The van der Waals surface area contributed by atoms with Gasteiger partial charge in [0.1, 0.15) is 5.76 Å². The topological polar surface area (TPSA) is 92.0 Å². The van der Waals surface area contributed by atoms with Gasteiger partial charge in [0.2, 0.25) is 11.7 Å². The summed E-state index contributed by atoms with van der Waals surface area (Å²) < 4.78 is 10.2. The average molecular weight is 310 g/mol. The monoisotopic (exact) mass is 310 g/mol. The fourth-order valence-electron chi connectivity index (χ4n) is 2.60. The van der Waals surface area contributed by atoms with E-state index in [9.17, 15) is 9.59 Å². The number of rotatable bonds is 7. The Morgan fingerprint density at radius 1 is 1.50 bits per heavy atom. The van der Waals surface area contributed by atoms with Crippen molar-refractivity contribution in [3.63, 3.8) is 0 Å². The van der Waals surface area contributed by atoms with E-state index in [1.165, 1.54) is 6.07 Å². The molecular formula is C15H22N2O5. The summed E-state index contributed by atoms with van der Waals surface area (Å²) in [7, 11) is 1.67. The molecule has 1 aliphatic heterocycles. The van der Waals surface area contributed by atoms with Crippen LogP contribution < -0.4 is 5.32 Å². The van der Waals surface area contributed by atoms with Crippen LogP contribution in [0.2, 0.25) is 0 Å². The van der Waals surface area contributed by atoms with Gasteiger partial charge in [0, 0.05) is 20.2 Å². The largest absolute Gasteiger partial charge is 0.475 e. The molecule has 1 amide bonds. The van der Waals surface area contributed by atoms with Crippen LogP contribution in [-0.2, 0) is 16.1 Å². The van der Waals surface area contributed by atoms with Gasteiger partial charge in [0.25, 0.3) is 0 Å². The number of carbonyl (C=O) groups excluding carboxylic acids is 1. The smallest absolute Gasteiger partial charge is 0.371 e. The highest BCUT2D eigenvalue weighted by molar-refractivity contribution is 5.84. The number of piperidine rings is 1. The first kappa shape index (κ1) is 16.5. The number of aromatic carboxylic acids is 1. The van der Waals surface area contributed by atoms with E-state index in [2.05, 4.69) is 10.2 Å². The number of furan rings is 1. The Labute approximate surface area is 129 Å². The molecule has 0 aliphatic carbocycles. The lowest BCUT2D eigenvalue weighted by Crippen LogP contribution is -2.43. The molecule has 7 nitrogen and oxygen atoms in total. The summed E-state index contributed by atoms with van der Waals surface area (Å²) in [6.07, 6.45) is 1.86. The molecule has 1 atom stereocenters.